The molecule has 0 aliphatic heterocycles. The van der Waals surface area contributed by atoms with E-state index in [1.807, 2.05) is 29.8 Å². The zero-order valence-electron chi connectivity index (χ0n) is 16.5. The van der Waals surface area contributed by atoms with E-state index >= 15 is 0 Å². The van der Waals surface area contributed by atoms with Crippen LogP contribution in [0.3, 0.4) is 0 Å². The van der Waals surface area contributed by atoms with Crippen molar-refractivity contribution in [3.63, 3.8) is 0 Å². The fraction of sp³-hybridized carbons (Fsp3) is 0.476. The molecule has 1 aliphatic carbocycles. The van der Waals surface area contributed by atoms with Crippen LogP contribution in [0.25, 0.3) is 11.0 Å². The van der Waals surface area contributed by atoms with Crippen LogP contribution in [-0.2, 0) is 5.54 Å². The number of hydrogen-bond acceptors (Lipinski definition) is 3. The van der Waals surface area contributed by atoms with Crippen LogP contribution in [0.5, 0.6) is 0 Å². The largest absolute Gasteiger partial charge is 0.307 e. The predicted octanol–water partition coefficient (Wildman–Crippen LogP) is 4.66. The Morgan fingerprint density at radius 1 is 1.19 bits per heavy atom. The second-order valence-corrected chi connectivity index (χ2v) is 8.41. The molecule has 1 saturated carbocycles. The lowest BCUT2D eigenvalue weighted by atomic mass is 10.1. The fourth-order valence-electron chi connectivity index (χ4n) is 4.14. The van der Waals surface area contributed by atoms with E-state index in [2.05, 4.69) is 41.8 Å². The van der Waals surface area contributed by atoms with Crippen LogP contribution in [0.2, 0.25) is 0 Å². The molecule has 27 heavy (non-hydrogen) atoms. The topological polar surface area (TPSA) is 64.7 Å². The first-order valence-corrected chi connectivity index (χ1v) is 9.69. The number of benzene rings is 1. The van der Waals surface area contributed by atoms with Crippen molar-refractivity contribution in [1.29, 1.82) is 0 Å². The Morgan fingerprint density at radius 2 is 1.89 bits per heavy atom. The number of nitrogens with zero attached hydrogens (tertiary/aromatic N) is 4. The highest BCUT2D eigenvalue weighted by molar-refractivity contribution is 6.04. The Hall–Kier alpha value is -2.63. The molecule has 1 N–H and O–H groups in total. The first-order valence-electron chi connectivity index (χ1n) is 9.69. The molecule has 3 aromatic rings. The molecule has 2 aromatic heterocycles. The summed E-state index contributed by atoms with van der Waals surface area (Å²) in [7, 11) is 0. The van der Waals surface area contributed by atoms with Crippen molar-refractivity contribution in [3.8, 4) is 0 Å². The minimum atomic E-state index is -0.167. The molecule has 0 atom stereocenters. The molecule has 0 spiro atoms. The van der Waals surface area contributed by atoms with Gasteiger partial charge < -0.3 is 4.57 Å². The molecule has 1 aliphatic rings. The van der Waals surface area contributed by atoms with Crippen LogP contribution in [-0.4, -0.2) is 25.2 Å². The number of rotatable bonds is 3. The van der Waals surface area contributed by atoms with Gasteiger partial charge in [-0.25, -0.2) is 4.98 Å². The molecule has 1 fully saturated rings. The van der Waals surface area contributed by atoms with E-state index in [1.165, 1.54) is 12.8 Å². The molecular formula is C21H27N5O. The number of hydrogen-bond donors (Lipinski definition) is 1. The van der Waals surface area contributed by atoms with Gasteiger partial charge in [0, 0.05) is 11.7 Å². The Morgan fingerprint density at radius 3 is 2.56 bits per heavy atom. The molecule has 2 heterocycles. The quantitative estimate of drug-likeness (QED) is 0.734. The normalized spacial score (nSPS) is 15.6. The van der Waals surface area contributed by atoms with Crippen molar-refractivity contribution in [2.45, 2.75) is 65.0 Å². The minimum Gasteiger partial charge on any atom is -0.307 e. The van der Waals surface area contributed by atoms with Gasteiger partial charge >= 0.3 is 0 Å². The maximum absolute atomic E-state index is 13.0. The summed E-state index contributed by atoms with van der Waals surface area (Å²) in [5.74, 6) is 0.480. The third kappa shape index (κ3) is 3.13. The second kappa shape index (κ2) is 6.51. The lowest BCUT2D eigenvalue weighted by Gasteiger charge is -2.21. The average Bonchev–Trinajstić information content (AvgIpc) is 3.31. The number of carbonyl (C=O) groups excluding carboxylic acids is 1. The first kappa shape index (κ1) is 17.8. The lowest BCUT2D eigenvalue weighted by molar-refractivity contribution is 0.102. The average molecular weight is 365 g/mol. The van der Waals surface area contributed by atoms with Gasteiger partial charge in [0.2, 0.25) is 5.95 Å². The summed E-state index contributed by atoms with van der Waals surface area (Å²) in [6, 6.07) is 8.49. The summed E-state index contributed by atoms with van der Waals surface area (Å²) in [6.07, 6.45) is 6.36. The number of amides is 1. The number of para-hydroxylation sites is 2. The van der Waals surface area contributed by atoms with Crippen LogP contribution >= 0.6 is 0 Å². The Bertz CT molecular complexity index is 986. The zero-order chi connectivity index (χ0) is 19.2. The van der Waals surface area contributed by atoms with E-state index in [0.29, 0.717) is 17.6 Å². The van der Waals surface area contributed by atoms with E-state index < -0.39 is 0 Å². The van der Waals surface area contributed by atoms with Crippen LogP contribution < -0.4 is 5.32 Å². The highest BCUT2D eigenvalue weighted by Gasteiger charge is 2.26. The molecule has 0 saturated heterocycles. The van der Waals surface area contributed by atoms with Crippen molar-refractivity contribution >= 4 is 22.9 Å². The van der Waals surface area contributed by atoms with E-state index in [9.17, 15) is 4.79 Å². The highest BCUT2D eigenvalue weighted by Crippen LogP contribution is 2.35. The minimum absolute atomic E-state index is 0.155. The van der Waals surface area contributed by atoms with Crippen LogP contribution in [0.15, 0.2) is 30.5 Å². The second-order valence-electron chi connectivity index (χ2n) is 8.41. The number of aromatic nitrogens is 4. The van der Waals surface area contributed by atoms with Crippen LogP contribution in [0.4, 0.5) is 5.95 Å². The molecule has 4 rings (SSSR count). The van der Waals surface area contributed by atoms with Crippen molar-refractivity contribution in [2.75, 3.05) is 5.32 Å². The van der Waals surface area contributed by atoms with Gasteiger partial charge in [-0.3, -0.25) is 14.8 Å². The van der Waals surface area contributed by atoms with Gasteiger partial charge in [-0.2, -0.15) is 5.10 Å². The number of imidazole rings is 1. The summed E-state index contributed by atoms with van der Waals surface area (Å²) < 4.78 is 4.10. The van der Waals surface area contributed by atoms with Crippen molar-refractivity contribution in [3.05, 3.63) is 41.7 Å². The maximum atomic E-state index is 13.0. The Labute approximate surface area is 159 Å². The predicted molar refractivity (Wildman–Crippen MR) is 107 cm³/mol. The number of nitrogens with one attached hydrogen (secondary N) is 1. The SMILES string of the molecule is Cc1c(C(=O)Nc2nc3ccccc3n2C2CCCC2)cnn1C(C)(C)C. The number of anilines is 1. The Kier molecular flexibility index (Phi) is 4.29. The molecule has 142 valence electrons. The summed E-state index contributed by atoms with van der Waals surface area (Å²) in [6.45, 7) is 8.17. The molecule has 0 bridgehead atoms. The third-order valence-corrected chi connectivity index (χ3v) is 5.40. The summed E-state index contributed by atoms with van der Waals surface area (Å²) in [5.41, 5.74) is 3.29. The molecule has 6 heteroatoms. The first-order chi connectivity index (χ1) is 12.9. The van der Waals surface area contributed by atoms with Crippen LogP contribution in [0, 0.1) is 6.92 Å². The monoisotopic (exact) mass is 365 g/mol. The van der Waals surface area contributed by atoms with E-state index in [0.717, 1.165) is 29.6 Å². The van der Waals surface area contributed by atoms with E-state index in [1.54, 1.807) is 6.20 Å². The molecule has 0 unspecified atom stereocenters. The molecule has 0 radical (unpaired) electrons. The molecule has 1 amide bonds. The molecular weight excluding hydrogens is 338 g/mol. The Balaban J connectivity index is 1.70. The van der Waals surface area contributed by atoms with Crippen molar-refractivity contribution in [2.24, 2.45) is 0 Å². The van der Waals surface area contributed by atoms with Gasteiger partial charge in [-0.15, -0.1) is 0 Å². The van der Waals surface area contributed by atoms with Crippen molar-refractivity contribution < 1.29 is 4.79 Å². The van der Waals surface area contributed by atoms with Gasteiger partial charge in [0.15, 0.2) is 0 Å². The summed E-state index contributed by atoms with van der Waals surface area (Å²) in [4.78, 5) is 17.7. The summed E-state index contributed by atoms with van der Waals surface area (Å²) >= 11 is 0. The maximum Gasteiger partial charge on any atom is 0.261 e. The fourth-order valence-corrected chi connectivity index (χ4v) is 4.14. The standard InChI is InChI=1S/C21H27N5O/c1-14-16(13-22-26(14)21(2,3)4)19(27)24-20-23-17-11-7-8-12-18(17)25(20)15-9-5-6-10-15/h7-8,11-13,15H,5-6,9-10H2,1-4H3,(H,23,24,27). The van der Waals surface area contributed by atoms with Gasteiger partial charge in [0.05, 0.1) is 28.3 Å². The molecule has 6 nitrogen and oxygen atoms in total. The van der Waals surface area contributed by atoms with Crippen molar-refractivity contribution in [1.82, 2.24) is 19.3 Å². The number of fused-ring (bicyclic) bond motifs is 1. The van der Waals surface area contributed by atoms with E-state index in [-0.39, 0.29) is 11.4 Å². The van der Waals surface area contributed by atoms with E-state index in [4.69, 9.17) is 4.98 Å². The van der Waals surface area contributed by atoms with Gasteiger partial charge in [-0.1, -0.05) is 25.0 Å². The molecule has 1 aromatic carbocycles. The highest BCUT2D eigenvalue weighted by atomic mass is 16.1. The number of carbonyl (C=O) groups is 1. The van der Waals surface area contributed by atoms with Gasteiger partial charge in [-0.05, 0) is 52.7 Å². The third-order valence-electron chi connectivity index (χ3n) is 5.40. The van der Waals surface area contributed by atoms with Gasteiger partial charge in [0.1, 0.15) is 0 Å². The summed E-state index contributed by atoms with van der Waals surface area (Å²) in [5, 5.41) is 7.48. The zero-order valence-corrected chi connectivity index (χ0v) is 16.5. The van der Waals surface area contributed by atoms with Gasteiger partial charge in [0.25, 0.3) is 5.91 Å². The smallest absolute Gasteiger partial charge is 0.261 e. The lowest BCUT2D eigenvalue weighted by Crippen LogP contribution is -2.25. The van der Waals surface area contributed by atoms with Crippen LogP contribution in [0.1, 0.15) is 68.5 Å².